The molecule has 0 saturated heterocycles. The van der Waals surface area contributed by atoms with Crippen LogP contribution in [0, 0.1) is 11.8 Å². The van der Waals surface area contributed by atoms with Gasteiger partial charge in [-0.05, 0) is 37.0 Å². The van der Waals surface area contributed by atoms with Gasteiger partial charge in [0.2, 0.25) is 0 Å². The number of fused-ring (bicyclic) bond motifs is 1. The third kappa shape index (κ3) is 2.07. The third-order valence-corrected chi connectivity index (χ3v) is 3.69. The van der Waals surface area contributed by atoms with E-state index in [1.54, 1.807) is 0 Å². The molecule has 1 fully saturated rings. The molecule has 1 amide bonds. The van der Waals surface area contributed by atoms with E-state index in [2.05, 4.69) is 22.7 Å². The highest BCUT2D eigenvalue weighted by molar-refractivity contribution is 5.99. The third-order valence-electron chi connectivity index (χ3n) is 3.69. The molecule has 5 heteroatoms. The van der Waals surface area contributed by atoms with Crippen LogP contribution in [0.25, 0.3) is 0 Å². The second kappa shape index (κ2) is 4.42. The van der Waals surface area contributed by atoms with E-state index in [1.165, 1.54) is 18.2 Å². The number of carbonyl (C=O) groups is 1. The molecule has 0 aliphatic heterocycles. The fraction of sp³-hybridized carbons (Fsp3) is 0.286. The van der Waals surface area contributed by atoms with Crippen LogP contribution in [0.3, 0.4) is 0 Å². The van der Waals surface area contributed by atoms with Crippen molar-refractivity contribution in [3.05, 3.63) is 35.9 Å². The van der Waals surface area contributed by atoms with Gasteiger partial charge >= 0.3 is 0 Å². The van der Waals surface area contributed by atoms with Crippen molar-refractivity contribution in [3.8, 4) is 11.5 Å². The zero-order chi connectivity index (χ0) is 13.4. The molecule has 1 saturated carbocycles. The minimum atomic E-state index is -0.518. The van der Waals surface area contributed by atoms with Crippen LogP contribution >= 0.6 is 0 Å². The van der Waals surface area contributed by atoms with E-state index < -0.39 is 5.91 Å². The number of allylic oxidation sites excluding steroid dienone is 2. The van der Waals surface area contributed by atoms with Crippen molar-refractivity contribution in [3.63, 3.8) is 0 Å². The number of nitrogens with zero attached hydrogens (tertiary/aromatic N) is 1. The standard InChI is InChI=1S/C14H14N2O3/c17-9-4-5-13(18)11(7-9)14(19)16-15-12-6-8-2-1-3-10(8)12/h1-2,4-5,7-8,10,17-18H,3,6H2,(H,16,19)/b15-12-/t8-,10+/m1/s1. The Kier molecular flexibility index (Phi) is 2.74. The van der Waals surface area contributed by atoms with Gasteiger partial charge in [0.05, 0.1) is 5.56 Å². The minimum absolute atomic E-state index is 0.0183. The number of nitrogens with one attached hydrogen (secondary N) is 1. The van der Waals surface area contributed by atoms with Crippen LogP contribution in [0.2, 0.25) is 0 Å². The smallest absolute Gasteiger partial charge is 0.275 e. The number of phenolic OH excluding ortho intramolecular Hbond substituents is 2. The lowest BCUT2D eigenvalue weighted by molar-refractivity contribution is 0.0951. The van der Waals surface area contributed by atoms with Crippen molar-refractivity contribution in [2.75, 3.05) is 0 Å². The van der Waals surface area contributed by atoms with E-state index in [1.807, 2.05) is 0 Å². The number of hydrazone groups is 1. The molecule has 0 spiro atoms. The first-order valence-electron chi connectivity index (χ1n) is 6.20. The number of hydrogen-bond acceptors (Lipinski definition) is 4. The zero-order valence-electron chi connectivity index (χ0n) is 10.2. The monoisotopic (exact) mass is 258 g/mol. The van der Waals surface area contributed by atoms with Gasteiger partial charge in [-0.2, -0.15) is 5.10 Å². The lowest BCUT2D eigenvalue weighted by atomic mass is 9.74. The van der Waals surface area contributed by atoms with Gasteiger partial charge in [0, 0.05) is 11.6 Å². The van der Waals surface area contributed by atoms with Crippen LogP contribution in [0.5, 0.6) is 11.5 Å². The second-order valence-electron chi connectivity index (χ2n) is 4.88. The molecule has 0 bridgehead atoms. The fourth-order valence-corrected chi connectivity index (χ4v) is 2.55. The number of benzene rings is 1. The van der Waals surface area contributed by atoms with Crippen LogP contribution in [-0.4, -0.2) is 21.8 Å². The van der Waals surface area contributed by atoms with Crippen molar-refractivity contribution >= 4 is 11.6 Å². The Bertz CT molecular complexity index is 592. The summed E-state index contributed by atoms with van der Waals surface area (Å²) in [5, 5.41) is 23.0. The Morgan fingerprint density at radius 1 is 1.37 bits per heavy atom. The molecule has 1 aromatic carbocycles. The van der Waals surface area contributed by atoms with Gasteiger partial charge in [0.15, 0.2) is 0 Å². The molecule has 0 radical (unpaired) electrons. The predicted molar refractivity (Wildman–Crippen MR) is 70.0 cm³/mol. The Morgan fingerprint density at radius 3 is 3.00 bits per heavy atom. The van der Waals surface area contributed by atoms with Crippen LogP contribution in [0.15, 0.2) is 35.5 Å². The van der Waals surface area contributed by atoms with Gasteiger partial charge in [-0.3, -0.25) is 4.79 Å². The highest BCUT2D eigenvalue weighted by Crippen LogP contribution is 2.40. The molecule has 98 valence electrons. The molecule has 0 heterocycles. The van der Waals surface area contributed by atoms with Crippen LogP contribution in [0.1, 0.15) is 23.2 Å². The lowest BCUT2D eigenvalue weighted by Crippen LogP contribution is -2.35. The van der Waals surface area contributed by atoms with Gasteiger partial charge in [-0.25, -0.2) is 5.43 Å². The second-order valence-corrected chi connectivity index (χ2v) is 4.88. The van der Waals surface area contributed by atoms with Crippen molar-refractivity contribution in [1.29, 1.82) is 0 Å². The van der Waals surface area contributed by atoms with E-state index in [-0.39, 0.29) is 17.1 Å². The van der Waals surface area contributed by atoms with E-state index in [0.717, 1.165) is 18.6 Å². The summed E-state index contributed by atoms with van der Waals surface area (Å²) in [4.78, 5) is 11.8. The number of aromatic hydroxyl groups is 2. The van der Waals surface area contributed by atoms with E-state index >= 15 is 0 Å². The first kappa shape index (κ1) is 11.8. The molecule has 2 aliphatic rings. The van der Waals surface area contributed by atoms with Crippen molar-refractivity contribution in [2.45, 2.75) is 12.8 Å². The molecular weight excluding hydrogens is 244 g/mol. The van der Waals surface area contributed by atoms with Crippen LogP contribution in [0.4, 0.5) is 0 Å². The van der Waals surface area contributed by atoms with E-state index in [0.29, 0.717) is 11.8 Å². The van der Waals surface area contributed by atoms with Gasteiger partial charge in [0.25, 0.3) is 5.91 Å². The predicted octanol–water partition coefficient (Wildman–Crippen LogP) is 1.78. The summed E-state index contributed by atoms with van der Waals surface area (Å²) in [7, 11) is 0. The summed E-state index contributed by atoms with van der Waals surface area (Å²) >= 11 is 0. The number of phenols is 2. The molecular formula is C14H14N2O3. The molecule has 3 N–H and O–H groups in total. The average molecular weight is 258 g/mol. The average Bonchev–Trinajstić information content (AvgIpc) is 2.74. The van der Waals surface area contributed by atoms with Crippen molar-refractivity contribution in [2.24, 2.45) is 16.9 Å². The largest absolute Gasteiger partial charge is 0.508 e. The number of hydrogen-bond donors (Lipinski definition) is 3. The van der Waals surface area contributed by atoms with Gasteiger partial charge in [0.1, 0.15) is 11.5 Å². The van der Waals surface area contributed by atoms with E-state index in [4.69, 9.17) is 0 Å². The summed E-state index contributed by atoms with van der Waals surface area (Å²) in [6, 6.07) is 3.81. The normalized spacial score (nSPS) is 26.0. The molecule has 0 unspecified atom stereocenters. The number of amides is 1. The highest BCUT2D eigenvalue weighted by Gasteiger charge is 2.38. The van der Waals surface area contributed by atoms with Crippen molar-refractivity contribution in [1.82, 2.24) is 5.43 Å². The molecule has 2 aliphatic carbocycles. The first-order chi connectivity index (χ1) is 9.15. The maximum Gasteiger partial charge on any atom is 0.275 e. The van der Waals surface area contributed by atoms with Crippen LogP contribution < -0.4 is 5.43 Å². The molecule has 3 rings (SSSR count). The molecule has 2 atom stereocenters. The quantitative estimate of drug-likeness (QED) is 0.429. The summed E-state index contributed by atoms with van der Waals surface area (Å²) in [6.45, 7) is 0. The van der Waals surface area contributed by atoms with Gasteiger partial charge in [-0.1, -0.05) is 12.2 Å². The maximum atomic E-state index is 11.8. The van der Waals surface area contributed by atoms with Gasteiger partial charge in [-0.15, -0.1) is 0 Å². The SMILES string of the molecule is O=C(N/N=C1/C[C@H]2C=CC[C@H]12)c1cc(O)ccc1O. The number of carbonyl (C=O) groups excluding carboxylic acids is 1. The summed E-state index contributed by atoms with van der Waals surface area (Å²) < 4.78 is 0. The minimum Gasteiger partial charge on any atom is -0.508 e. The Hall–Kier alpha value is -2.30. The number of rotatable bonds is 2. The van der Waals surface area contributed by atoms with Crippen LogP contribution in [-0.2, 0) is 0 Å². The summed E-state index contributed by atoms with van der Waals surface area (Å²) in [5.41, 5.74) is 3.44. The molecule has 19 heavy (non-hydrogen) atoms. The lowest BCUT2D eigenvalue weighted by Gasteiger charge is -2.31. The molecule has 1 aromatic rings. The molecule has 0 aromatic heterocycles. The Labute approximate surface area is 110 Å². The van der Waals surface area contributed by atoms with Crippen molar-refractivity contribution < 1.29 is 15.0 Å². The zero-order valence-corrected chi connectivity index (χ0v) is 10.2. The Morgan fingerprint density at radius 2 is 2.21 bits per heavy atom. The van der Waals surface area contributed by atoms with E-state index in [9.17, 15) is 15.0 Å². The maximum absolute atomic E-state index is 11.8. The Balaban J connectivity index is 1.69. The van der Waals surface area contributed by atoms with Gasteiger partial charge < -0.3 is 10.2 Å². The topological polar surface area (TPSA) is 81.9 Å². The fourth-order valence-electron chi connectivity index (χ4n) is 2.55. The first-order valence-corrected chi connectivity index (χ1v) is 6.20. The summed E-state index contributed by atoms with van der Waals surface area (Å²) in [6.07, 6.45) is 6.19. The highest BCUT2D eigenvalue weighted by atomic mass is 16.3. The summed E-state index contributed by atoms with van der Waals surface area (Å²) in [5.74, 6) is 0.238. The molecule has 5 nitrogen and oxygen atoms in total.